The van der Waals surface area contributed by atoms with E-state index in [1.165, 1.54) is 19.2 Å². The summed E-state index contributed by atoms with van der Waals surface area (Å²) in [5.41, 5.74) is 1.39. The van der Waals surface area contributed by atoms with Gasteiger partial charge in [-0.3, -0.25) is 4.79 Å². The molecule has 0 bridgehead atoms. The Morgan fingerprint density at radius 1 is 1.27 bits per heavy atom. The van der Waals surface area contributed by atoms with E-state index in [2.05, 4.69) is 15.2 Å². The summed E-state index contributed by atoms with van der Waals surface area (Å²) in [4.78, 5) is 37.2. The minimum atomic E-state index is -1.03. The summed E-state index contributed by atoms with van der Waals surface area (Å²) in [6, 6.07) is 4.62. The maximum absolute atomic E-state index is 13.0. The lowest BCUT2D eigenvalue weighted by molar-refractivity contribution is -0.120. The predicted octanol–water partition coefficient (Wildman–Crippen LogP) is 4.46. The largest absolute Gasteiger partial charge is 0.495 e. The first-order valence-electron chi connectivity index (χ1n) is 11.6. The fourth-order valence-electron chi connectivity index (χ4n) is 4.49. The van der Waals surface area contributed by atoms with Gasteiger partial charge in [-0.15, -0.1) is 0 Å². The SMILES string of the molecule is CC.CCC1C(=O)N(C)c2cnc(Nc3ccc(C(=O)O)cc3OC)nc2N1C1CCCC1. The average Bonchev–Trinajstić information content (AvgIpc) is 3.37. The molecule has 2 aromatic rings. The van der Waals surface area contributed by atoms with Crippen LogP contribution in [0.1, 0.15) is 63.2 Å². The van der Waals surface area contributed by atoms with Gasteiger partial charge in [0.2, 0.25) is 11.9 Å². The molecule has 4 rings (SSSR count). The van der Waals surface area contributed by atoms with Crippen LogP contribution in [0, 0.1) is 0 Å². The number of hydrogen-bond donors (Lipinski definition) is 2. The zero-order chi connectivity index (χ0) is 24.1. The summed E-state index contributed by atoms with van der Waals surface area (Å²) in [7, 11) is 3.24. The molecular formula is C24H33N5O4. The second-order valence-corrected chi connectivity index (χ2v) is 7.91. The van der Waals surface area contributed by atoms with Crippen LogP contribution in [0.15, 0.2) is 24.4 Å². The number of carboxylic acids is 1. The van der Waals surface area contributed by atoms with Crippen LogP contribution in [-0.4, -0.2) is 53.2 Å². The van der Waals surface area contributed by atoms with E-state index >= 15 is 0 Å². The number of rotatable bonds is 6. The van der Waals surface area contributed by atoms with Gasteiger partial charge in [-0.1, -0.05) is 33.6 Å². The van der Waals surface area contributed by atoms with Crippen LogP contribution in [0.4, 0.5) is 23.1 Å². The molecule has 1 fully saturated rings. The van der Waals surface area contributed by atoms with Crippen molar-refractivity contribution in [2.24, 2.45) is 0 Å². The number of methoxy groups -OCH3 is 1. The molecule has 33 heavy (non-hydrogen) atoms. The molecule has 1 atom stereocenters. The van der Waals surface area contributed by atoms with Crippen molar-refractivity contribution in [1.82, 2.24) is 9.97 Å². The number of likely N-dealkylation sites (N-methyl/N-ethyl adjacent to an activating group) is 1. The number of benzene rings is 1. The van der Waals surface area contributed by atoms with Crippen molar-refractivity contribution in [2.75, 3.05) is 29.3 Å². The Morgan fingerprint density at radius 3 is 2.58 bits per heavy atom. The second-order valence-electron chi connectivity index (χ2n) is 7.91. The van der Waals surface area contributed by atoms with E-state index in [-0.39, 0.29) is 23.6 Å². The number of amides is 1. The van der Waals surface area contributed by atoms with Crippen molar-refractivity contribution < 1.29 is 19.4 Å². The lowest BCUT2D eigenvalue weighted by Gasteiger charge is -2.43. The minimum Gasteiger partial charge on any atom is -0.495 e. The van der Waals surface area contributed by atoms with Gasteiger partial charge in [0.05, 0.1) is 24.6 Å². The lowest BCUT2D eigenvalue weighted by atomic mass is 10.0. The quantitative estimate of drug-likeness (QED) is 0.657. The summed E-state index contributed by atoms with van der Waals surface area (Å²) >= 11 is 0. The van der Waals surface area contributed by atoms with E-state index in [0.717, 1.165) is 31.5 Å². The molecule has 0 saturated heterocycles. The number of aromatic carboxylic acids is 1. The fraction of sp³-hybridized carbons (Fsp3) is 0.500. The highest BCUT2D eigenvalue weighted by molar-refractivity contribution is 6.04. The third-order valence-corrected chi connectivity index (χ3v) is 6.11. The first-order valence-corrected chi connectivity index (χ1v) is 11.6. The molecule has 1 saturated carbocycles. The van der Waals surface area contributed by atoms with Gasteiger partial charge < -0.3 is 25.0 Å². The Kier molecular flexibility index (Phi) is 7.73. The van der Waals surface area contributed by atoms with Gasteiger partial charge in [0.1, 0.15) is 17.5 Å². The van der Waals surface area contributed by atoms with Crippen LogP contribution in [0.25, 0.3) is 0 Å². The average molecular weight is 456 g/mol. The molecule has 0 spiro atoms. The lowest BCUT2D eigenvalue weighted by Crippen LogP contribution is -2.55. The Labute approximate surface area is 194 Å². The molecule has 1 aliphatic carbocycles. The number of aromatic nitrogens is 2. The van der Waals surface area contributed by atoms with E-state index in [1.807, 2.05) is 20.8 Å². The summed E-state index contributed by atoms with van der Waals surface area (Å²) < 4.78 is 5.34. The van der Waals surface area contributed by atoms with Crippen LogP contribution in [0.3, 0.4) is 0 Å². The van der Waals surface area contributed by atoms with E-state index < -0.39 is 5.97 Å². The first-order chi connectivity index (χ1) is 15.9. The summed E-state index contributed by atoms with van der Waals surface area (Å²) in [5.74, 6) is 0.533. The number of hydrogen-bond acceptors (Lipinski definition) is 7. The van der Waals surface area contributed by atoms with Gasteiger partial charge in [-0.2, -0.15) is 4.98 Å². The van der Waals surface area contributed by atoms with E-state index in [1.54, 1.807) is 24.2 Å². The highest BCUT2D eigenvalue weighted by Gasteiger charge is 2.41. The van der Waals surface area contributed by atoms with Crippen LogP contribution in [0.2, 0.25) is 0 Å². The number of anilines is 4. The molecule has 9 nitrogen and oxygen atoms in total. The minimum absolute atomic E-state index is 0.0668. The normalized spacial score (nSPS) is 17.8. The number of ether oxygens (including phenoxy) is 1. The Balaban J connectivity index is 0.00000149. The Morgan fingerprint density at radius 2 is 1.97 bits per heavy atom. The van der Waals surface area contributed by atoms with Crippen molar-refractivity contribution in [3.63, 3.8) is 0 Å². The van der Waals surface area contributed by atoms with Gasteiger partial charge in [0, 0.05) is 13.1 Å². The molecule has 1 aromatic heterocycles. The highest BCUT2D eigenvalue weighted by atomic mass is 16.5. The molecule has 1 aromatic carbocycles. The van der Waals surface area contributed by atoms with Crippen molar-refractivity contribution >= 4 is 35.0 Å². The van der Waals surface area contributed by atoms with Crippen LogP contribution < -0.4 is 19.9 Å². The summed E-state index contributed by atoms with van der Waals surface area (Å²) in [6.07, 6.45) is 6.76. The number of carboxylic acid groups (broad SMARTS) is 1. The third kappa shape index (κ3) is 4.72. The molecule has 2 heterocycles. The topological polar surface area (TPSA) is 108 Å². The van der Waals surface area contributed by atoms with Crippen molar-refractivity contribution in [1.29, 1.82) is 0 Å². The van der Waals surface area contributed by atoms with Gasteiger partial charge in [-0.05, 0) is 37.5 Å². The molecule has 0 radical (unpaired) electrons. The maximum Gasteiger partial charge on any atom is 0.335 e. The molecule has 9 heteroatoms. The monoisotopic (exact) mass is 455 g/mol. The number of nitrogens with one attached hydrogen (secondary N) is 1. The zero-order valence-electron chi connectivity index (χ0n) is 20.0. The number of carbonyl (C=O) groups excluding carboxylic acids is 1. The molecule has 1 amide bonds. The van der Waals surface area contributed by atoms with Crippen LogP contribution in [-0.2, 0) is 4.79 Å². The van der Waals surface area contributed by atoms with Crippen molar-refractivity contribution in [2.45, 2.75) is 65.0 Å². The molecular weight excluding hydrogens is 422 g/mol. The highest BCUT2D eigenvalue weighted by Crippen LogP contribution is 2.40. The standard InChI is InChI=1S/C22H27N5O4.C2H6/c1-4-16-20(28)26(2)17-12-23-22(25-19(17)27(16)14-7-5-6-8-14)24-15-10-9-13(21(29)30)11-18(15)31-3;1-2/h9-12,14,16H,4-8H2,1-3H3,(H,29,30)(H,23,24,25);1-2H3. The van der Waals surface area contributed by atoms with E-state index in [0.29, 0.717) is 29.5 Å². The predicted molar refractivity (Wildman–Crippen MR) is 129 cm³/mol. The van der Waals surface area contributed by atoms with Crippen molar-refractivity contribution in [3.8, 4) is 5.75 Å². The Bertz CT molecular complexity index is 1010. The maximum atomic E-state index is 13.0. The molecule has 2 aliphatic rings. The molecule has 1 unspecified atom stereocenters. The second kappa shape index (κ2) is 10.5. The molecule has 1 aliphatic heterocycles. The van der Waals surface area contributed by atoms with E-state index in [4.69, 9.17) is 9.72 Å². The van der Waals surface area contributed by atoms with Gasteiger partial charge in [0.15, 0.2) is 5.82 Å². The third-order valence-electron chi connectivity index (χ3n) is 6.11. The number of nitrogens with zero attached hydrogens (tertiary/aromatic N) is 4. The van der Waals surface area contributed by atoms with E-state index in [9.17, 15) is 14.7 Å². The van der Waals surface area contributed by atoms with Crippen molar-refractivity contribution in [3.05, 3.63) is 30.0 Å². The summed E-state index contributed by atoms with van der Waals surface area (Å²) in [5, 5.41) is 12.3. The van der Waals surface area contributed by atoms with Gasteiger partial charge in [0.25, 0.3) is 0 Å². The van der Waals surface area contributed by atoms with Gasteiger partial charge in [-0.25, -0.2) is 9.78 Å². The number of carbonyl (C=O) groups is 2. The molecule has 2 N–H and O–H groups in total. The zero-order valence-corrected chi connectivity index (χ0v) is 20.0. The van der Waals surface area contributed by atoms with Gasteiger partial charge >= 0.3 is 5.97 Å². The number of fused-ring (bicyclic) bond motifs is 1. The first kappa shape index (κ1) is 24.3. The summed E-state index contributed by atoms with van der Waals surface area (Å²) in [6.45, 7) is 6.03. The Hall–Kier alpha value is -3.36. The smallest absolute Gasteiger partial charge is 0.335 e. The fourth-order valence-corrected chi connectivity index (χ4v) is 4.49. The van der Waals surface area contributed by atoms with Crippen LogP contribution in [0.5, 0.6) is 5.75 Å². The van der Waals surface area contributed by atoms with Crippen LogP contribution >= 0.6 is 0 Å². The molecule has 178 valence electrons.